The lowest BCUT2D eigenvalue weighted by molar-refractivity contribution is 0.281. The van der Waals surface area contributed by atoms with E-state index in [1.165, 1.54) is 0 Å². The van der Waals surface area contributed by atoms with Crippen molar-refractivity contribution in [2.75, 3.05) is 6.61 Å². The van der Waals surface area contributed by atoms with Crippen LogP contribution in [0, 0.1) is 0 Å². The Labute approximate surface area is 119 Å². The van der Waals surface area contributed by atoms with E-state index >= 15 is 0 Å². The van der Waals surface area contributed by atoms with Crippen LogP contribution in [0.1, 0.15) is 12.5 Å². The molecule has 5 nitrogen and oxygen atoms in total. The molecule has 19 heavy (non-hydrogen) atoms. The van der Waals surface area contributed by atoms with Gasteiger partial charge in [0.15, 0.2) is 5.75 Å². The molecule has 0 saturated heterocycles. The summed E-state index contributed by atoms with van der Waals surface area (Å²) >= 11 is 3.23. The number of H-pyrrole nitrogens is 1. The van der Waals surface area contributed by atoms with Gasteiger partial charge in [0.25, 0.3) is 5.56 Å². The van der Waals surface area contributed by atoms with Crippen LogP contribution < -0.4 is 10.3 Å². The molecule has 0 aliphatic rings. The second kappa shape index (κ2) is 8.44. The number of hydrogen-bond donors (Lipinski definition) is 2. The molecule has 2 aromatic rings. The van der Waals surface area contributed by atoms with E-state index in [2.05, 4.69) is 25.9 Å². The first-order valence-electron chi connectivity index (χ1n) is 5.68. The number of hydrogen-bond acceptors (Lipinski definition) is 4. The Morgan fingerprint density at radius 1 is 1.47 bits per heavy atom. The monoisotopic (exact) mass is 326 g/mol. The van der Waals surface area contributed by atoms with Crippen molar-refractivity contribution in [3.05, 3.63) is 57.2 Å². The number of aromatic amines is 1. The maximum atomic E-state index is 10.8. The number of pyridine rings is 2. The number of aliphatic hydroxyl groups is 1. The number of aliphatic hydroxyl groups excluding tert-OH is 1. The molecule has 2 rings (SSSR count). The molecule has 2 heterocycles. The largest absolute Gasteiger partial charge is 0.488 e. The van der Waals surface area contributed by atoms with Gasteiger partial charge in [0.1, 0.15) is 0 Å². The molecule has 0 unspecified atom stereocenters. The highest BCUT2D eigenvalue weighted by molar-refractivity contribution is 9.10. The summed E-state index contributed by atoms with van der Waals surface area (Å²) < 4.78 is 5.85. The summed E-state index contributed by atoms with van der Waals surface area (Å²) in [5.74, 6) is 0.380. The van der Waals surface area contributed by atoms with Crippen molar-refractivity contribution in [2.24, 2.45) is 0 Å². The number of aromatic nitrogens is 2. The number of rotatable bonds is 3. The van der Waals surface area contributed by atoms with Crippen LogP contribution >= 0.6 is 15.9 Å². The van der Waals surface area contributed by atoms with Gasteiger partial charge in [-0.05, 0) is 46.6 Å². The Hall–Kier alpha value is -1.66. The van der Waals surface area contributed by atoms with E-state index in [4.69, 9.17) is 9.84 Å². The van der Waals surface area contributed by atoms with Crippen LogP contribution in [0.4, 0.5) is 0 Å². The minimum Gasteiger partial charge on any atom is -0.488 e. The maximum absolute atomic E-state index is 10.8. The number of ether oxygens (including phenoxy) is 1. The van der Waals surface area contributed by atoms with Gasteiger partial charge < -0.3 is 14.8 Å². The lowest BCUT2D eigenvalue weighted by atomic mass is 10.3. The summed E-state index contributed by atoms with van der Waals surface area (Å²) in [5.41, 5.74) is 0.689. The molecule has 0 bridgehead atoms. The van der Waals surface area contributed by atoms with Crippen molar-refractivity contribution in [2.45, 2.75) is 13.5 Å². The third-order valence-electron chi connectivity index (χ3n) is 2.11. The number of nitrogens with one attached hydrogen (secondary N) is 1. The van der Waals surface area contributed by atoms with Crippen molar-refractivity contribution < 1.29 is 9.84 Å². The summed E-state index contributed by atoms with van der Waals surface area (Å²) in [6.07, 6.45) is 4.88. The first-order valence-corrected chi connectivity index (χ1v) is 6.48. The van der Waals surface area contributed by atoms with Gasteiger partial charge in [-0.15, -0.1) is 0 Å². The maximum Gasteiger partial charge on any atom is 0.290 e. The van der Waals surface area contributed by atoms with Crippen LogP contribution in [0.2, 0.25) is 0 Å². The van der Waals surface area contributed by atoms with Gasteiger partial charge in [-0.3, -0.25) is 9.78 Å². The zero-order valence-corrected chi connectivity index (χ0v) is 12.1. The van der Waals surface area contributed by atoms with Crippen molar-refractivity contribution in [3.8, 4) is 5.75 Å². The highest BCUT2D eigenvalue weighted by atomic mass is 79.9. The van der Waals surface area contributed by atoms with E-state index in [1.807, 2.05) is 6.92 Å². The molecule has 102 valence electrons. The average molecular weight is 327 g/mol. The van der Waals surface area contributed by atoms with Crippen LogP contribution in [0.5, 0.6) is 5.75 Å². The average Bonchev–Trinajstić information content (AvgIpc) is 2.43. The first-order chi connectivity index (χ1) is 9.19. The molecular weight excluding hydrogens is 312 g/mol. The fourth-order valence-corrected chi connectivity index (χ4v) is 1.58. The van der Waals surface area contributed by atoms with Gasteiger partial charge in [-0.1, -0.05) is 0 Å². The van der Waals surface area contributed by atoms with Gasteiger partial charge in [0.05, 0.1) is 13.2 Å². The van der Waals surface area contributed by atoms with Crippen LogP contribution in [0.25, 0.3) is 0 Å². The molecule has 0 aliphatic heterocycles. The second-order valence-corrected chi connectivity index (χ2v) is 4.28. The van der Waals surface area contributed by atoms with Crippen LogP contribution in [0.15, 0.2) is 46.1 Å². The molecule has 0 aromatic carbocycles. The second-order valence-electron chi connectivity index (χ2n) is 3.42. The molecule has 6 heteroatoms. The Bertz CT molecular complexity index is 557. The molecule has 0 atom stereocenters. The molecular formula is C13H15BrN2O3. The van der Waals surface area contributed by atoms with Gasteiger partial charge in [0, 0.05) is 23.1 Å². The van der Waals surface area contributed by atoms with E-state index in [9.17, 15) is 4.79 Å². The minimum absolute atomic E-state index is 0.0586. The Morgan fingerprint density at radius 2 is 2.26 bits per heavy atom. The van der Waals surface area contributed by atoms with Crippen molar-refractivity contribution >= 4 is 15.9 Å². The smallest absolute Gasteiger partial charge is 0.290 e. The predicted molar refractivity (Wildman–Crippen MR) is 76.1 cm³/mol. The van der Waals surface area contributed by atoms with Crippen LogP contribution in [-0.2, 0) is 6.61 Å². The Morgan fingerprint density at radius 3 is 2.79 bits per heavy atom. The van der Waals surface area contributed by atoms with Crippen molar-refractivity contribution in [1.29, 1.82) is 0 Å². The summed E-state index contributed by atoms with van der Waals surface area (Å²) in [6.45, 7) is 2.42. The molecule has 0 aliphatic carbocycles. The molecule has 2 aromatic heterocycles. The summed E-state index contributed by atoms with van der Waals surface area (Å²) in [5, 5.41) is 8.66. The van der Waals surface area contributed by atoms with Crippen molar-refractivity contribution in [3.63, 3.8) is 0 Å². The Kier molecular flexibility index (Phi) is 6.84. The predicted octanol–water partition coefficient (Wildman–Crippen LogP) is 2.11. The van der Waals surface area contributed by atoms with Gasteiger partial charge >= 0.3 is 0 Å². The highest BCUT2D eigenvalue weighted by Crippen LogP contribution is 2.13. The SMILES string of the molecule is CCOc1ccc[nH]c1=O.OCc1ccncc1Br. The van der Waals surface area contributed by atoms with E-state index in [0.29, 0.717) is 12.4 Å². The molecule has 0 saturated carbocycles. The molecule has 2 N–H and O–H groups in total. The van der Waals surface area contributed by atoms with Crippen LogP contribution in [-0.4, -0.2) is 21.7 Å². The fraction of sp³-hybridized carbons (Fsp3) is 0.231. The Balaban J connectivity index is 0.000000191. The quantitative estimate of drug-likeness (QED) is 0.905. The van der Waals surface area contributed by atoms with Crippen LogP contribution in [0.3, 0.4) is 0 Å². The lowest BCUT2D eigenvalue weighted by Crippen LogP contribution is -2.09. The van der Waals surface area contributed by atoms with Gasteiger partial charge in [-0.25, -0.2) is 0 Å². The molecule has 0 fully saturated rings. The van der Waals surface area contributed by atoms with Crippen molar-refractivity contribution in [1.82, 2.24) is 9.97 Å². The summed E-state index contributed by atoms with van der Waals surface area (Å²) in [6, 6.07) is 5.14. The lowest BCUT2D eigenvalue weighted by Gasteiger charge is -1.98. The van der Waals surface area contributed by atoms with Gasteiger partial charge in [-0.2, -0.15) is 0 Å². The minimum atomic E-state index is -0.177. The summed E-state index contributed by atoms with van der Waals surface area (Å²) in [4.78, 5) is 17.2. The molecule has 0 amide bonds. The zero-order valence-electron chi connectivity index (χ0n) is 10.5. The third-order valence-corrected chi connectivity index (χ3v) is 2.82. The number of halogens is 1. The number of nitrogens with zero attached hydrogens (tertiary/aromatic N) is 1. The highest BCUT2D eigenvalue weighted by Gasteiger charge is 1.94. The summed E-state index contributed by atoms with van der Waals surface area (Å²) in [7, 11) is 0. The van der Waals surface area contributed by atoms with E-state index in [-0.39, 0.29) is 12.2 Å². The first kappa shape index (κ1) is 15.4. The third kappa shape index (κ3) is 5.23. The molecule has 0 spiro atoms. The standard InChI is InChI=1S/C7H9NO2.C6H6BrNO/c1-2-10-6-4-3-5-8-7(6)9;7-6-3-8-2-1-5(6)4-9/h3-5H,2H2,1H3,(H,8,9);1-3,9H,4H2. The fourth-order valence-electron chi connectivity index (χ4n) is 1.21. The topological polar surface area (TPSA) is 75.2 Å². The molecule has 0 radical (unpaired) electrons. The zero-order chi connectivity index (χ0) is 14.1. The van der Waals surface area contributed by atoms with Gasteiger partial charge in [0.2, 0.25) is 0 Å². The van der Waals surface area contributed by atoms with E-state index in [0.717, 1.165) is 10.0 Å². The van der Waals surface area contributed by atoms with E-state index in [1.54, 1.807) is 36.8 Å². The van der Waals surface area contributed by atoms with E-state index < -0.39 is 0 Å². The normalized spacial score (nSPS) is 9.42.